The molecule has 0 radical (unpaired) electrons. The molecule has 0 aromatic heterocycles. The summed E-state index contributed by atoms with van der Waals surface area (Å²) in [6, 6.07) is 0. The Balaban J connectivity index is 2.53. The molecule has 0 N–H and O–H groups in total. The highest BCUT2D eigenvalue weighted by Crippen LogP contribution is 2.52. The van der Waals surface area contributed by atoms with Gasteiger partial charge in [-0.05, 0) is 18.2 Å². The predicted octanol–water partition coefficient (Wildman–Crippen LogP) is 2.92. The lowest BCUT2D eigenvalue weighted by molar-refractivity contribution is 0.573. The van der Waals surface area contributed by atoms with E-state index >= 15 is 0 Å². The summed E-state index contributed by atoms with van der Waals surface area (Å²) in [5.41, 5.74) is 0. The van der Waals surface area contributed by atoms with Gasteiger partial charge in [-0.2, -0.15) is 0 Å². The lowest BCUT2D eigenvalue weighted by atomic mass is 10.3. The Labute approximate surface area is 62.9 Å². The van der Waals surface area contributed by atoms with Gasteiger partial charge in [-0.15, -0.1) is 0 Å². The normalized spacial score (nSPS) is 31.9. The number of hydrogen-bond acceptors (Lipinski definition) is 1. The van der Waals surface area contributed by atoms with E-state index < -0.39 is 7.14 Å². The van der Waals surface area contributed by atoms with Crippen LogP contribution in [0.5, 0.6) is 0 Å². The first kappa shape index (κ1) is 8.07. The summed E-state index contributed by atoms with van der Waals surface area (Å²) in [5, 5.41) is 0. The molecule has 1 atom stereocenters. The molecular weight excluding hydrogens is 143 g/mol. The first-order chi connectivity index (χ1) is 4.62. The summed E-state index contributed by atoms with van der Waals surface area (Å²) in [4.78, 5) is 0. The molecule has 1 aliphatic heterocycles. The fraction of sp³-hybridized carbons (Fsp3) is 0.750. The van der Waals surface area contributed by atoms with E-state index in [1.807, 2.05) is 5.82 Å². The maximum atomic E-state index is 11.7. The first-order valence-electron chi connectivity index (χ1n) is 3.88. The molecule has 1 heterocycles. The second-order valence-electron chi connectivity index (χ2n) is 3.43. The van der Waals surface area contributed by atoms with Crippen LogP contribution in [0.4, 0.5) is 0 Å². The highest BCUT2D eigenvalue weighted by Gasteiger charge is 2.22. The van der Waals surface area contributed by atoms with Crippen molar-refractivity contribution >= 4 is 7.14 Å². The van der Waals surface area contributed by atoms with Crippen LogP contribution in [0, 0.1) is 5.92 Å². The van der Waals surface area contributed by atoms with Crippen LogP contribution in [-0.4, -0.2) is 12.3 Å². The van der Waals surface area contributed by atoms with Gasteiger partial charge < -0.3 is 4.57 Å². The zero-order chi connectivity index (χ0) is 7.61. The molecule has 0 bridgehead atoms. The average Bonchev–Trinajstić information content (AvgIpc) is 2.12. The standard InChI is InChI=1S/C8H15OP/c1-8(2)7-10(9)5-3-4-6-10/h3,5,8H,4,6-7H2,1-2H3. The van der Waals surface area contributed by atoms with Gasteiger partial charge in [-0.3, -0.25) is 0 Å². The van der Waals surface area contributed by atoms with Gasteiger partial charge >= 0.3 is 0 Å². The molecule has 0 fully saturated rings. The lowest BCUT2D eigenvalue weighted by Gasteiger charge is -2.10. The van der Waals surface area contributed by atoms with Crippen molar-refractivity contribution in [3.63, 3.8) is 0 Å². The van der Waals surface area contributed by atoms with Gasteiger partial charge in [0.05, 0.1) is 0 Å². The molecule has 1 rings (SSSR count). The monoisotopic (exact) mass is 158 g/mol. The van der Waals surface area contributed by atoms with Gasteiger partial charge in [0, 0.05) is 12.3 Å². The van der Waals surface area contributed by atoms with Crippen LogP contribution in [0.3, 0.4) is 0 Å². The molecule has 0 aliphatic carbocycles. The van der Waals surface area contributed by atoms with E-state index in [0.29, 0.717) is 5.92 Å². The molecule has 0 saturated carbocycles. The minimum Gasteiger partial charge on any atom is -0.319 e. The van der Waals surface area contributed by atoms with Crippen LogP contribution in [0.2, 0.25) is 0 Å². The Kier molecular flexibility index (Phi) is 2.36. The molecule has 0 spiro atoms. The SMILES string of the molecule is CC(C)CP1(=O)C=CCC1. The van der Waals surface area contributed by atoms with Crippen LogP contribution in [0.25, 0.3) is 0 Å². The number of hydrogen-bond donors (Lipinski definition) is 0. The van der Waals surface area contributed by atoms with E-state index in [-0.39, 0.29) is 0 Å². The summed E-state index contributed by atoms with van der Waals surface area (Å²) in [6.07, 6.45) is 4.92. The maximum Gasteiger partial charge on any atom is 0.109 e. The molecular formula is C8H15OP. The Morgan fingerprint density at radius 2 is 2.30 bits per heavy atom. The van der Waals surface area contributed by atoms with E-state index in [9.17, 15) is 4.57 Å². The summed E-state index contributed by atoms with van der Waals surface area (Å²) in [5.74, 6) is 2.53. The third kappa shape index (κ3) is 1.98. The molecule has 10 heavy (non-hydrogen) atoms. The van der Waals surface area contributed by atoms with Crippen molar-refractivity contribution in [2.45, 2.75) is 20.3 Å². The number of rotatable bonds is 2. The summed E-state index contributed by atoms with van der Waals surface area (Å²) < 4.78 is 11.7. The van der Waals surface area contributed by atoms with Gasteiger partial charge in [0.1, 0.15) is 7.14 Å². The second kappa shape index (κ2) is 2.92. The fourth-order valence-corrected chi connectivity index (χ4v) is 4.21. The van der Waals surface area contributed by atoms with Crippen molar-refractivity contribution < 1.29 is 4.57 Å². The largest absolute Gasteiger partial charge is 0.319 e. The van der Waals surface area contributed by atoms with Crippen molar-refractivity contribution in [3.8, 4) is 0 Å². The van der Waals surface area contributed by atoms with Crippen molar-refractivity contribution in [2.24, 2.45) is 5.92 Å². The molecule has 0 saturated heterocycles. The van der Waals surface area contributed by atoms with E-state index in [1.165, 1.54) is 0 Å². The average molecular weight is 158 g/mol. The van der Waals surface area contributed by atoms with Crippen LogP contribution in [0.1, 0.15) is 20.3 Å². The topological polar surface area (TPSA) is 17.1 Å². The highest BCUT2D eigenvalue weighted by molar-refractivity contribution is 7.67. The van der Waals surface area contributed by atoms with Crippen LogP contribution < -0.4 is 0 Å². The van der Waals surface area contributed by atoms with Crippen LogP contribution >= 0.6 is 7.14 Å². The molecule has 1 aliphatic rings. The fourth-order valence-electron chi connectivity index (χ4n) is 1.40. The minimum atomic E-state index is -1.81. The van der Waals surface area contributed by atoms with E-state index in [2.05, 4.69) is 19.9 Å². The second-order valence-corrected chi connectivity index (χ2v) is 6.44. The minimum absolute atomic E-state index is 0.577. The van der Waals surface area contributed by atoms with Gasteiger partial charge in [0.25, 0.3) is 0 Å². The zero-order valence-electron chi connectivity index (χ0n) is 6.71. The Bertz CT molecular complexity index is 182. The molecule has 0 amide bonds. The quantitative estimate of drug-likeness (QED) is 0.565. The molecule has 58 valence electrons. The van der Waals surface area contributed by atoms with Crippen molar-refractivity contribution in [3.05, 3.63) is 11.9 Å². The molecule has 2 heteroatoms. The van der Waals surface area contributed by atoms with Crippen LogP contribution in [-0.2, 0) is 4.57 Å². The van der Waals surface area contributed by atoms with Crippen molar-refractivity contribution in [1.82, 2.24) is 0 Å². The lowest BCUT2D eigenvalue weighted by Crippen LogP contribution is -1.96. The zero-order valence-corrected chi connectivity index (χ0v) is 7.60. The molecule has 1 nitrogen and oxygen atoms in total. The first-order valence-corrected chi connectivity index (χ1v) is 6.02. The smallest absolute Gasteiger partial charge is 0.109 e. The Hall–Kier alpha value is -0.0300. The maximum absolute atomic E-state index is 11.7. The van der Waals surface area contributed by atoms with Crippen molar-refractivity contribution in [1.29, 1.82) is 0 Å². The summed E-state index contributed by atoms with van der Waals surface area (Å²) in [7, 11) is -1.81. The predicted molar refractivity (Wildman–Crippen MR) is 45.9 cm³/mol. The van der Waals surface area contributed by atoms with E-state index in [1.54, 1.807) is 0 Å². The molecule has 1 unspecified atom stereocenters. The highest BCUT2D eigenvalue weighted by atomic mass is 31.2. The third-order valence-corrected chi connectivity index (χ3v) is 4.84. The van der Waals surface area contributed by atoms with E-state index in [4.69, 9.17) is 0 Å². The van der Waals surface area contributed by atoms with Gasteiger partial charge in [-0.1, -0.05) is 19.9 Å². The molecule has 0 aromatic rings. The van der Waals surface area contributed by atoms with Gasteiger partial charge in [0.2, 0.25) is 0 Å². The van der Waals surface area contributed by atoms with Crippen LogP contribution in [0.15, 0.2) is 11.9 Å². The Morgan fingerprint density at radius 1 is 1.60 bits per heavy atom. The molecule has 0 aromatic carbocycles. The van der Waals surface area contributed by atoms with E-state index in [0.717, 1.165) is 18.7 Å². The van der Waals surface area contributed by atoms with Crippen molar-refractivity contribution in [2.75, 3.05) is 12.3 Å². The summed E-state index contributed by atoms with van der Waals surface area (Å²) >= 11 is 0. The Morgan fingerprint density at radius 3 is 2.70 bits per heavy atom. The summed E-state index contributed by atoms with van der Waals surface area (Å²) in [6.45, 7) is 4.26. The van der Waals surface area contributed by atoms with Gasteiger partial charge in [0.15, 0.2) is 0 Å². The number of allylic oxidation sites excluding steroid dienone is 1. The van der Waals surface area contributed by atoms with Gasteiger partial charge in [-0.25, -0.2) is 0 Å². The third-order valence-electron chi connectivity index (χ3n) is 1.73.